The minimum absolute atomic E-state index is 0.103. The molecule has 0 saturated carbocycles. The van der Waals surface area contributed by atoms with Crippen LogP contribution in [0.1, 0.15) is 11.4 Å². The number of nitrogens with one attached hydrogen (secondary N) is 1. The molecular weight excluding hydrogens is 418 g/mol. The lowest BCUT2D eigenvalue weighted by molar-refractivity contribution is 0.419. The first-order chi connectivity index (χ1) is 15.0. The number of aryl methyl sites for hydroxylation is 1. The van der Waals surface area contributed by atoms with Crippen molar-refractivity contribution in [2.45, 2.75) is 6.92 Å². The van der Waals surface area contributed by atoms with Crippen LogP contribution in [0.15, 0.2) is 51.7 Å². The molecule has 0 radical (unpaired) electrons. The smallest absolute Gasteiger partial charge is 0.287 e. The van der Waals surface area contributed by atoms with Crippen LogP contribution < -0.4 is 10.3 Å². The molecule has 0 spiro atoms. The van der Waals surface area contributed by atoms with Gasteiger partial charge in [0, 0.05) is 5.69 Å². The zero-order valence-electron chi connectivity index (χ0n) is 16.4. The van der Waals surface area contributed by atoms with Gasteiger partial charge in [-0.1, -0.05) is 41.9 Å². The third kappa shape index (κ3) is 2.79. The predicted octanol–water partition coefficient (Wildman–Crippen LogP) is 4.34. The number of aromatic amines is 1. The molecule has 3 aromatic heterocycles. The molecule has 3 heterocycles. The topological polar surface area (TPSA) is 109 Å². The van der Waals surface area contributed by atoms with E-state index in [2.05, 4.69) is 21.1 Å². The molecule has 152 valence electrons. The molecule has 5 rings (SSSR count). The molecule has 0 atom stereocenters. The van der Waals surface area contributed by atoms with Crippen LogP contribution in [0.3, 0.4) is 0 Å². The maximum atomic E-state index is 13.4. The van der Waals surface area contributed by atoms with E-state index < -0.39 is 5.56 Å². The molecule has 5 aromatic rings. The highest BCUT2D eigenvalue weighted by Gasteiger charge is 2.24. The normalized spacial score (nSPS) is 11.2. The number of nitrogens with zero attached hydrogens (tertiary/aromatic N) is 4. The van der Waals surface area contributed by atoms with Crippen molar-refractivity contribution in [1.82, 2.24) is 19.6 Å². The summed E-state index contributed by atoms with van der Waals surface area (Å²) in [6.07, 6.45) is 0. The second-order valence-corrected chi connectivity index (χ2v) is 7.25. The minimum atomic E-state index is -0.457. The molecule has 0 bridgehead atoms. The van der Waals surface area contributed by atoms with Gasteiger partial charge < -0.3 is 14.1 Å². The van der Waals surface area contributed by atoms with Crippen LogP contribution in [-0.2, 0) is 0 Å². The van der Waals surface area contributed by atoms with Crippen molar-refractivity contribution in [2.24, 2.45) is 0 Å². The maximum absolute atomic E-state index is 13.4. The molecule has 8 nitrogen and oxygen atoms in total. The van der Waals surface area contributed by atoms with Gasteiger partial charge in [-0.15, -0.1) is 0 Å². The van der Waals surface area contributed by atoms with Gasteiger partial charge >= 0.3 is 0 Å². The largest absolute Gasteiger partial charge is 0.493 e. The number of hydrogen-bond acceptors (Lipinski definition) is 6. The number of nitriles is 1. The SMILES string of the molecule is COc1c(Cl)ccc2oc(-c3c(C)[nH]c4c(-c5ccccc5)c(C#N)nn4c3=O)nc12. The summed E-state index contributed by atoms with van der Waals surface area (Å²) in [7, 11) is 1.48. The molecule has 0 aliphatic carbocycles. The van der Waals surface area contributed by atoms with E-state index in [-0.39, 0.29) is 17.1 Å². The molecule has 0 unspecified atom stereocenters. The monoisotopic (exact) mass is 431 g/mol. The Kier molecular flexibility index (Phi) is 4.27. The zero-order valence-corrected chi connectivity index (χ0v) is 17.2. The highest BCUT2D eigenvalue weighted by atomic mass is 35.5. The summed E-state index contributed by atoms with van der Waals surface area (Å²) in [5.41, 5.74) is 3.00. The van der Waals surface area contributed by atoms with E-state index in [0.717, 1.165) is 5.56 Å². The Morgan fingerprint density at radius 1 is 1.19 bits per heavy atom. The van der Waals surface area contributed by atoms with Crippen molar-refractivity contribution < 1.29 is 9.15 Å². The first-order valence-electron chi connectivity index (χ1n) is 9.28. The van der Waals surface area contributed by atoms with Gasteiger partial charge in [0.15, 0.2) is 22.5 Å². The van der Waals surface area contributed by atoms with Crippen LogP contribution in [0.2, 0.25) is 5.02 Å². The molecular formula is C22H14ClN5O3. The van der Waals surface area contributed by atoms with Gasteiger partial charge in [0.25, 0.3) is 5.56 Å². The number of ether oxygens (including phenoxy) is 1. The molecule has 0 aliphatic rings. The van der Waals surface area contributed by atoms with E-state index in [1.54, 1.807) is 19.1 Å². The fourth-order valence-corrected chi connectivity index (χ4v) is 3.87. The Balaban J connectivity index is 1.80. The summed E-state index contributed by atoms with van der Waals surface area (Å²) in [6.45, 7) is 1.74. The Morgan fingerprint density at radius 3 is 2.68 bits per heavy atom. The molecule has 31 heavy (non-hydrogen) atoms. The van der Waals surface area contributed by atoms with E-state index in [4.69, 9.17) is 20.8 Å². The first kappa shape index (κ1) is 18.9. The third-order valence-electron chi connectivity index (χ3n) is 5.03. The van der Waals surface area contributed by atoms with Crippen LogP contribution in [0.5, 0.6) is 5.75 Å². The van der Waals surface area contributed by atoms with Gasteiger partial charge in [-0.3, -0.25) is 4.79 Å². The lowest BCUT2D eigenvalue weighted by Crippen LogP contribution is -2.19. The van der Waals surface area contributed by atoms with Gasteiger partial charge in [0.05, 0.1) is 17.7 Å². The summed E-state index contributed by atoms with van der Waals surface area (Å²) < 4.78 is 12.3. The number of aromatic nitrogens is 4. The number of hydrogen-bond donors (Lipinski definition) is 1. The second-order valence-electron chi connectivity index (χ2n) is 6.84. The lowest BCUT2D eigenvalue weighted by atomic mass is 10.1. The third-order valence-corrected chi connectivity index (χ3v) is 5.32. The lowest BCUT2D eigenvalue weighted by Gasteiger charge is -2.05. The van der Waals surface area contributed by atoms with E-state index in [9.17, 15) is 10.1 Å². The van der Waals surface area contributed by atoms with Crippen LogP contribution in [0.25, 0.3) is 39.3 Å². The summed E-state index contributed by atoms with van der Waals surface area (Å²) in [5.74, 6) is 0.466. The first-order valence-corrected chi connectivity index (χ1v) is 9.65. The Labute approximate surface area is 180 Å². The van der Waals surface area contributed by atoms with Gasteiger partial charge in [0.1, 0.15) is 17.3 Å². The highest BCUT2D eigenvalue weighted by Crippen LogP contribution is 2.35. The van der Waals surface area contributed by atoms with Crippen molar-refractivity contribution in [2.75, 3.05) is 7.11 Å². The van der Waals surface area contributed by atoms with Crippen molar-refractivity contribution in [3.8, 4) is 34.4 Å². The number of halogens is 1. The average molecular weight is 432 g/mol. The Bertz CT molecular complexity index is 1570. The van der Waals surface area contributed by atoms with Crippen molar-refractivity contribution in [3.63, 3.8) is 0 Å². The summed E-state index contributed by atoms with van der Waals surface area (Å²) >= 11 is 6.17. The molecule has 0 aliphatic heterocycles. The number of benzene rings is 2. The molecule has 2 aromatic carbocycles. The summed E-state index contributed by atoms with van der Waals surface area (Å²) in [5, 5.41) is 14.2. The zero-order chi connectivity index (χ0) is 21.7. The van der Waals surface area contributed by atoms with Gasteiger partial charge in [-0.25, -0.2) is 4.98 Å². The predicted molar refractivity (Wildman–Crippen MR) is 115 cm³/mol. The van der Waals surface area contributed by atoms with Crippen molar-refractivity contribution >= 4 is 28.3 Å². The molecule has 9 heteroatoms. The standard InChI is InChI=1S/C22H14ClN5O3/c1-11-16(21-26-18-15(31-21)9-8-13(23)19(18)30-2)22(29)28-20(25-11)17(14(10-24)27-28)12-6-4-3-5-7-12/h3-9,25H,1-2H3. The highest BCUT2D eigenvalue weighted by molar-refractivity contribution is 6.33. The maximum Gasteiger partial charge on any atom is 0.287 e. The molecule has 0 fully saturated rings. The van der Waals surface area contributed by atoms with Crippen LogP contribution >= 0.6 is 11.6 Å². The van der Waals surface area contributed by atoms with E-state index >= 15 is 0 Å². The molecule has 0 saturated heterocycles. The summed E-state index contributed by atoms with van der Waals surface area (Å²) in [6, 6.07) is 14.7. The van der Waals surface area contributed by atoms with Gasteiger partial charge in [-0.05, 0) is 24.6 Å². The number of H-pyrrole nitrogens is 1. The van der Waals surface area contributed by atoms with Crippen molar-refractivity contribution in [1.29, 1.82) is 5.26 Å². The second kappa shape index (κ2) is 7.00. The van der Waals surface area contributed by atoms with Gasteiger partial charge in [-0.2, -0.15) is 14.9 Å². The van der Waals surface area contributed by atoms with E-state index in [1.807, 2.05) is 30.3 Å². The number of fused-ring (bicyclic) bond motifs is 2. The van der Waals surface area contributed by atoms with Crippen molar-refractivity contribution in [3.05, 3.63) is 69.2 Å². The average Bonchev–Trinajstić information content (AvgIpc) is 3.36. The fourth-order valence-electron chi connectivity index (χ4n) is 3.64. The van der Waals surface area contributed by atoms with Crippen LogP contribution in [-0.4, -0.2) is 26.7 Å². The molecule has 1 N–H and O–H groups in total. The minimum Gasteiger partial charge on any atom is -0.493 e. The number of oxazole rings is 1. The number of rotatable bonds is 3. The van der Waals surface area contributed by atoms with E-state index in [1.165, 1.54) is 11.6 Å². The quantitative estimate of drug-likeness (QED) is 0.455. The van der Waals surface area contributed by atoms with E-state index in [0.29, 0.717) is 38.8 Å². The number of methoxy groups -OCH3 is 1. The van der Waals surface area contributed by atoms with Crippen LogP contribution in [0, 0.1) is 18.3 Å². The Morgan fingerprint density at radius 2 is 1.97 bits per heavy atom. The molecule has 0 amide bonds. The Hall–Kier alpha value is -4.09. The van der Waals surface area contributed by atoms with Crippen LogP contribution in [0.4, 0.5) is 0 Å². The fraction of sp³-hybridized carbons (Fsp3) is 0.0909. The van der Waals surface area contributed by atoms with Gasteiger partial charge in [0.2, 0.25) is 5.89 Å². The summed E-state index contributed by atoms with van der Waals surface area (Å²) in [4.78, 5) is 21.0.